The molecule has 8 rings (SSSR count). The van der Waals surface area contributed by atoms with Gasteiger partial charge in [-0.1, -0.05) is 18.4 Å². The van der Waals surface area contributed by atoms with Crippen LogP contribution in [0.1, 0.15) is 44.6 Å². The molecule has 13 heteroatoms. The highest BCUT2D eigenvalue weighted by atomic mass is 19.1. The molecule has 3 aliphatic heterocycles. The maximum atomic E-state index is 17.2. The van der Waals surface area contributed by atoms with Crippen LogP contribution in [0.2, 0.25) is 0 Å². The third kappa shape index (κ3) is 6.15. The first kappa shape index (κ1) is 34.7. The van der Waals surface area contributed by atoms with Gasteiger partial charge in [0.25, 0.3) is 0 Å². The number of terminal acetylenes is 1. The van der Waals surface area contributed by atoms with Crippen molar-refractivity contribution in [3.63, 3.8) is 0 Å². The van der Waals surface area contributed by atoms with Gasteiger partial charge in [0.15, 0.2) is 5.82 Å². The van der Waals surface area contributed by atoms with E-state index in [9.17, 15) is 10.2 Å². The van der Waals surface area contributed by atoms with Gasteiger partial charge in [0, 0.05) is 41.4 Å². The maximum absolute atomic E-state index is 17.2. The number of methoxy groups -OCH3 is 1. The van der Waals surface area contributed by atoms with Gasteiger partial charge in [-0.2, -0.15) is 9.97 Å². The maximum Gasteiger partial charge on any atom is 0.319 e. The Balaban J connectivity index is 1.27. The summed E-state index contributed by atoms with van der Waals surface area (Å²) in [7, 11) is 1.40. The van der Waals surface area contributed by atoms with Crippen LogP contribution in [0.25, 0.3) is 32.9 Å². The van der Waals surface area contributed by atoms with Crippen LogP contribution in [0.3, 0.4) is 0 Å². The number of nitrogens with zero attached hydrogens (tertiary/aromatic N) is 5. The number of ether oxygens (including phenoxy) is 4. The number of phenolic OH excluding ortho intramolecular Hbond substituents is 1. The second-order valence-corrected chi connectivity index (χ2v) is 15.0. The number of rotatable bonds is 8. The Labute approximate surface area is 300 Å². The number of hydrogen-bond acceptors (Lipinski definition) is 11. The predicted molar refractivity (Wildman–Crippen MR) is 191 cm³/mol. The van der Waals surface area contributed by atoms with Gasteiger partial charge >= 0.3 is 6.01 Å². The quantitative estimate of drug-likeness (QED) is 0.238. The van der Waals surface area contributed by atoms with E-state index >= 15 is 8.78 Å². The number of hydrogen-bond donors (Lipinski definition) is 2. The number of β-amino-alcohol motifs (C(OH)–C–C–N with tert-alkyl or cyclic N) is 1. The first-order valence-corrected chi connectivity index (χ1v) is 18.0. The summed E-state index contributed by atoms with van der Waals surface area (Å²) < 4.78 is 55.8. The highest BCUT2D eigenvalue weighted by Gasteiger charge is 2.49. The average molecular weight is 716 g/mol. The number of halogens is 2. The van der Waals surface area contributed by atoms with Crippen molar-refractivity contribution in [1.29, 1.82) is 0 Å². The number of likely N-dealkylation sites (tertiary alicyclic amines) is 1. The molecule has 1 saturated carbocycles. The van der Waals surface area contributed by atoms with Gasteiger partial charge in [0.05, 0.1) is 52.3 Å². The molecule has 2 aromatic heterocycles. The number of aromatic nitrogens is 3. The van der Waals surface area contributed by atoms with Crippen LogP contribution in [0.4, 0.5) is 14.6 Å². The summed E-state index contributed by atoms with van der Waals surface area (Å²) in [5.74, 6) is 1.48. The number of aliphatic hydroxyl groups is 1. The largest absolute Gasteiger partial charge is 0.508 e. The lowest BCUT2D eigenvalue weighted by molar-refractivity contribution is -0.0731. The van der Waals surface area contributed by atoms with E-state index in [-0.39, 0.29) is 81.7 Å². The predicted octanol–water partition coefficient (Wildman–Crippen LogP) is 5.07. The third-order valence-corrected chi connectivity index (χ3v) is 11.2. The fourth-order valence-electron chi connectivity index (χ4n) is 8.82. The zero-order valence-electron chi connectivity index (χ0n) is 29.5. The van der Waals surface area contributed by atoms with E-state index in [1.54, 1.807) is 6.92 Å². The molecule has 3 unspecified atom stereocenters. The van der Waals surface area contributed by atoms with E-state index in [0.29, 0.717) is 30.5 Å². The summed E-state index contributed by atoms with van der Waals surface area (Å²) in [5, 5.41) is 22.6. The Morgan fingerprint density at radius 2 is 1.90 bits per heavy atom. The standard InChI is InChI=1S/C39H43F2N5O6/c1-4-26-28(40)9-8-24-15-25(47)16-27(30(24)26)33-32(41)34-31(36(42-33)49-3)35(46-13-14-50-21-38(2,48)20-46)44-37(43-34)52-22-39-10-5-7-29(39)45(12-6-11-39)17-23-18-51-19-23/h1,8-9,15-16,23,29,47-48H,5-7,10-14,17-22H2,2-3H3. The third-order valence-electron chi connectivity index (χ3n) is 11.2. The van der Waals surface area contributed by atoms with E-state index in [4.69, 9.17) is 30.4 Å². The van der Waals surface area contributed by atoms with Crippen LogP contribution in [0, 0.1) is 35.3 Å². The lowest BCUT2D eigenvalue weighted by Gasteiger charge is -2.48. The molecular formula is C39H43F2N5O6. The smallest absolute Gasteiger partial charge is 0.319 e. The van der Waals surface area contributed by atoms with Crippen molar-refractivity contribution in [3.8, 4) is 41.2 Å². The molecular weight excluding hydrogens is 672 g/mol. The highest BCUT2D eigenvalue weighted by Crippen LogP contribution is 2.49. The van der Waals surface area contributed by atoms with Crippen molar-refractivity contribution >= 4 is 27.5 Å². The first-order valence-electron chi connectivity index (χ1n) is 18.0. The van der Waals surface area contributed by atoms with Gasteiger partial charge in [-0.15, -0.1) is 6.42 Å². The second kappa shape index (κ2) is 13.6. The molecule has 0 radical (unpaired) electrons. The molecule has 2 aromatic carbocycles. The molecule has 1 aliphatic carbocycles. The number of fused-ring (bicyclic) bond motifs is 3. The van der Waals surface area contributed by atoms with Crippen LogP contribution < -0.4 is 14.4 Å². The van der Waals surface area contributed by atoms with Crippen molar-refractivity contribution in [3.05, 3.63) is 41.5 Å². The van der Waals surface area contributed by atoms with Crippen LogP contribution in [0.15, 0.2) is 24.3 Å². The number of piperidine rings is 1. The number of pyridine rings is 1. The molecule has 4 aliphatic rings. The minimum Gasteiger partial charge on any atom is -0.508 e. The fraction of sp³-hybridized carbons (Fsp3) is 0.513. The number of phenols is 1. The molecule has 274 valence electrons. The zero-order chi connectivity index (χ0) is 36.2. The molecule has 0 spiro atoms. The SMILES string of the molecule is C#Cc1c(F)ccc2cc(O)cc(-c3nc(OC)c4c(N5CCOCC(C)(O)C5)nc(OCC56CCCC5N(CC5COC5)CCC6)nc4c3F)c12. The van der Waals surface area contributed by atoms with Crippen LogP contribution in [-0.4, -0.2) is 108 Å². The summed E-state index contributed by atoms with van der Waals surface area (Å²) in [5.41, 5.74) is -1.75. The van der Waals surface area contributed by atoms with Gasteiger partial charge in [-0.05, 0) is 62.7 Å². The molecule has 5 heterocycles. The summed E-state index contributed by atoms with van der Waals surface area (Å²) in [6.45, 7) is 6.55. The number of aromatic hydroxyl groups is 1. The fourth-order valence-corrected chi connectivity index (χ4v) is 8.82. The Kier molecular flexibility index (Phi) is 9.06. The molecule has 11 nitrogen and oxygen atoms in total. The minimum atomic E-state index is -1.24. The van der Waals surface area contributed by atoms with Crippen molar-refractivity contribution in [2.45, 2.75) is 50.7 Å². The topological polar surface area (TPSA) is 123 Å². The van der Waals surface area contributed by atoms with Crippen LogP contribution in [0.5, 0.6) is 17.6 Å². The van der Waals surface area contributed by atoms with E-state index in [1.807, 2.05) is 4.90 Å². The number of benzene rings is 2. The van der Waals surface area contributed by atoms with Gasteiger partial charge in [0.1, 0.15) is 39.6 Å². The summed E-state index contributed by atoms with van der Waals surface area (Å²) in [4.78, 5) is 18.5. The monoisotopic (exact) mass is 715 g/mol. The average Bonchev–Trinajstić information content (AvgIpc) is 3.46. The molecule has 2 N–H and O–H groups in total. The normalized spacial score (nSPS) is 25.5. The van der Waals surface area contributed by atoms with Crippen LogP contribution >= 0.6 is 0 Å². The van der Waals surface area contributed by atoms with Crippen molar-refractivity contribution in [2.24, 2.45) is 11.3 Å². The molecule has 4 aromatic rings. The first-order chi connectivity index (χ1) is 25.1. The summed E-state index contributed by atoms with van der Waals surface area (Å²) in [6.07, 6.45) is 11.0. The summed E-state index contributed by atoms with van der Waals surface area (Å²) in [6, 6.07) is 5.73. The lowest BCUT2D eigenvalue weighted by Crippen LogP contribution is -2.54. The van der Waals surface area contributed by atoms with Gasteiger partial charge < -0.3 is 34.1 Å². The van der Waals surface area contributed by atoms with E-state index in [2.05, 4.69) is 20.8 Å². The second-order valence-electron chi connectivity index (χ2n) is 15.0. The molecule has 52 heavy (non-hydrogen) atoms. The van der Waals surface area contributed by atoms with Crippen LogP contribution in [-0.2, 0) is 9.47 Å². The van der Waals surface area contributed by atoms with Gasteiger partial charge in [-0.25, -0.2) is 13.8 Å². The zero-order valence-corrected chi connectivity index (χ0v) is 29.5. The van der Waals surface area contributed by atoms with E-state index in [0.717, 1.165) is 58.4 Å². The number of anilines is 1. The molecule has 0 amide bonds. The Bertz CT molecular complexity index is 2070. The molecule has 3 saturated heterocycles. The van der Waals surface area contributed by atoms with Crippen molar-refractivity contribution in [2.75, 3.05) is 71.2 Å². The molecule has 3 atom stereocenters. The summed E-state index contributed by atoms with van der Waals surface area (Å²) >= 11 is 0. The molecule has 4 fully saturated rings. The van der Waals surface area contributed by atoms with E-state index < -0.39 is 17.2 Å². The molecule has 0 bridgehead atoms. The Morgan fingerprint density at radius 3 is 2.67 bits per heavy atom. The van der Waals surface area contributed by atoms with Crippen molar-refractivity contribution in [1.82, 2.24) is 19.9 Å². The Morgan fingerprint density at radius 1 is 1.08 bits per heavy atom. The van der Waals surface area contributed by atoms with E-state index in [1.165, 1.54) is 31.4 Å². The minimum absolute atomic E-state index is 0.00902. The highest BCUT2D eigenvalue weighted by molar-refractivity contribution is 6.04. The lowest BCUT2D eigenvalue weighted by atomic mass is 9.75. The van der Waals surface area contributed by atoms with Gasteiger partial charge in [0.2, 0.25) is 5.88 Å². The Hall–Kier alpha value is -4.35. The van der Waals surface area contributed by atoms with Gasteiger partial charge in [-0.3, -0.25) is 4.90 Å². The van der Waals surface area contributed by atoms with Crippen molar-refractivity contribution < 1.29 is 37.9 Å².